The summed E-state index contributed by atoms with van der Waals surface area (Å²) >= 11 is 0. The Labute approximate surface area is 146 Å². The van der Waals surface area contributed by atoms with Crippen LogP contribution in [0.1, 0.15) is 17.5 Å². The lowest BCUT2D eigenvalue weighted by atomic mass is 10.1. The van der Waals surface area contributed by atoms with Gasteiger partial charge in [0.15, 0.2) is 0 Å². The predicted molar refractivity (Wildman–Crippen MR) is 93.6 cm³/mol. The Hall–Kier alpha value is -2.75. The molecule has 1 saturated heterocycles. The Morgan fingerprint density at radius 3 is 2.76 bits per heavy atom. The minimum absolute atomic E-state index is 0.000901. The number of nitriles is 1. The van der Waals surface area contributed by atoms with E-state index in [1.165, 1.54) is 0 Å². The van der Waals surface area contributed by atoms with Crippen LogP contribution in [-0.2, 0) is 11.3 Å². The third-order valence-electron chi connectivity index (χ3n) is 4.42. The number of nitrogens with zero attached hydrogens (tertiary/aromatic N) is 4. The lowest BCUT2D eigenvalue weighted by Crippen LogP contribution is -2.42. The van der Waals surface area contributed by atoms with Crippen LogP contribution < -0.4 is 4.90 Å². The van der Waals surface area contributed by atoms with Crippen molar-refractivity contribution in [2.45, 2.75) is 19.0 Å². The highest BCUT2D eigenvalue weighted by atomic mass is 16.3. The molecular formula is C19H20N4O2. The number of anilines is 1. The number of hydrogen-bond acceptors (Lipinski definition) is 5. The predicted octanol–water partition coefficient (Wildman–Crippen LogP) is 1.55. The number of carbonyl (C=O) groups excluding carboxylic acids is 1. The first kappa shape index (κ1) is 17.1. The molecule has 1 N–H and O–H groups in total. The van der Waals surface area contributed by atoms with E-state index in [0.717, 1.165) is 11.3 Å². The largest absolute Gasteiger partial charge is 0.395 e. The van der Waals surface area contributed by atoms with Crippen LogP contribution in [0, 0.1) is 11.3 Å². The maximum absolute atomic E-state index is 12.9. The van der Waals surface area contributed by atoms with Crippen LogP contribution in [0.25, 0.3) is 0 Å². The van der Waals surface area contributed by atoms with Crippen molar-refractivity contribution < 1.29 is 9.90 Å². The molecule has 6 nitrogen and oxygen atoms in total. The van der Waals surface area contributed by atoms with Crippen molar-refractivity contribution in [1.82, 2.24) is 9.88 Å². The summed E-state index contributed by atoms with van der Waals surface area (Å²) in [7, 11) is 0. The zero-order chi connectivity index (χ0) is 17.6. The molecule has 25 heavy (non-hydrogen) atoms. The van der Waals surface area contributed by atoms with Crippen LogP contribution in [0.15, 0.2) is 48.8 Å². The molecule has 3 rings (SSSR count). The summed E-state index contributed by atoms with van der Waals surface area (Å²) in [4.78, 5) is 20.8. The SMILES string of the molecule is N#Cc1ccc(N2CCC(N(CCO)Cc3cccnc3)C2=O)cc1. The van der Waals surface area contributed by atoms with E-state index in [1.807, 2.05) is 17.0 Å². The zero-order valence-electron chi connectivity index (χ0n) is 13.9. The van der Waals surface area contributed by atoms with Gasteiger partial charge in [-0.25, -0.2) is 0 Å². The second-order valence-electron chi connectivity index (χ2n) is 6.01. The van der Waals surface area contributed by atoms with Crippen LogP contribution in [0.2, 0.25) is 0 Å². The Balaban J connectivity index is 1.74. The van der Waals surface area contributed by atoms with E-state index in [4.69, 9.17) is 5.26 Å². The molecule has 0 aliphatic carbocycles. The quantitative estimate of drug-likeness (QED) is 0.866. The second-order valence-corrected chi connectivity index (χ2v) is 6.01. The number of aliphatic hydroxyl groups is 1. The van der Waals surface area contributed by atoms with Gasteiger partial charge in [0, 0.05) is 37.7 Å². The minimum atomic E-state index is -0.261. The number of carbonyl (C=O) groups is 1. The van der Waals surface area contributed by atoms with Crippen LogP contribution >= 0.6 is 0 Å². The number of aliphatic hydroxyl groups excluding tert-OH is 1. The minimum Gasteiger partial charge on any atom is -0.395 e. The number of hydrogen-bond donors (Lipinski definition) is 1. The van der Waals surface area contributed by atoms with E-state index in [0.29, 0.717) is 31.6 Å². The van der Waals surface area contributed by atoms with Crippen molar-refractivity contribution in [2.75, 3.05) is 24.6 Å². The maximum Gasteiger partial charge on any atom is 0.244 e. The fourth-order valence-electron chi connectivity index (χ4n) is 3.18. The fourth-order valence-corrected chi connectivity index (χ4v) is 3.18. The maximum atomic E-state index is 12.9. The van der Waals surface area contributed by atoms with Gasteiger partial charge in [0.2, 0.25) is 5.91 Å². The summed E-state index contributed by atoms with van der Waals surface area (Å²) < 4.78 is 0. The van der Waals surface area contributed by atoms with Crippen LogP contribution in [0.5, 0.6) is 0 Å². The molecule has 1 aliphatic heterocycles. The molecule has 0 radical (unpaired) electrons. The molecule has 0 saturated carbocycles. The summed E-state index contributed by atoms with van der Waals surface area (Å²) in [5, 5.41) is 18.3. The third-order valence-corrected chi connectivity index (χ3v) is 4.42. The van der Waals surface area contributed by atoms with E-state index in [2.05, 4.69) is 11.1 Å². The highest BCUT2D eigenvalue weighted by molar-refractivity contribution is 5.99. The Morgan fingerprint density at radius 2 is 2.12 bits per heavy atom. The number of benzene rings is 1. The molecule has 1 aromatic heterocycles. The molecule has 1 aliphatic rings. The highest BCUT2D eigenvalue weighted by Crippen LogP contribution is 2.25. The van der Waals surface area contributed by atoms with E-state index in [-0.39, 0.29) is 18.6 Å². The second kappa shape index (κ2) is 7.88. The summed E-state index contributed by atoms with van der Waals surface area (Å²) in [5.74, 6) is 0.0297. The van der Waals surface area contributed by atoms with Crippen molar-refractivity contribution >= 4 is 11.6 Å². The summed E-state index contributed by atoms with van der Waals surface area (Å²) in [5.41, 5.74) is 2.39. The van der Waals surface area contributed by atoms with Gasteiger partial charge in [-0.1, -0.05) is 6.07 Å². The fraction of sp³-hybridized carbons (Fsp3) is 0.316. The standard InChI is InChI=1S/C19H20N4O2/c20-12-15-3-5-17(6-4-15)23-9-7-18(19(23)25)22(10-11-24)14-16-2-1-8-21-13-16/h1-6,8,13,18,24H,7,9-11,14H2. The van der Waals surface area contributed by atoms with Gasteiger partial charge in [-0.3, -0.25) is 14.7 Å². The molecule has 0 spiro atoms. The molecule has 0 bridgehead atoms. The molecular weight excluding hydrogens is 316 g/mol. The van der Waals surface area contributed by atoms with Gasteiger partial charge in [-0.15, -0.1) is 0 Å². The molecule has 1 aromatic carbocycles. The van der Waals surface area contributed by atoms with Crippen molar-refractivity contribution in [2.24, 2.45) is 0 Å². The van der Waals surface area contributed by atoms with Crippen LogP contribution in [-0.4, -0.2) is 46.6 Å². The first-order chi connectivity index (χ1) is 12.2. The molecule has 1 unspecified atom stereocenters. The zero-order valence-corrected chi connectivity index (χ0v) is 13.9. The van der Waals surface area contributed by atoms with E-state index in [1.54, 1.807) is 41.6 Å². The summed E-state index contributed by atoms with van der Waals surface area (Å²) in [6, 6.07) is 12.7. The Bertz CT molecular complexity index is 755. The van der Waals surface area contributed by atoms with Crippen LogP contribution in [0.4, 0.5) is 5.69 Å². The molecule has 1 amide bonds. The molecule has 2 heterocycles. The van der Waals surface area contributed by atoms with Crippen molar-refractivity contribution in [3.05, 3.63) is 59.9 Å². The number of aromatic nitrogens is 1. The monoisotopic (exact) mass is 336 g/mol. The van der Waals surface area contributed by atoms with Gasteiger partial charge in [0.25, 0.3) is 0 Å². The van der Waals surface area contributed by atoms with Crippen molar-refractivity contribution in [3.63, 3.8) is 0 Å². The van der Waals surface area contributed by atoms with Gasteiger partial charge in [0.1, 0.15) is 0 Å². The summed E-state index contributed by atoms with van der Waals surface area (Å²) in [6.07, 6.45) is 4.20. The molecule has 6 heteroatoms. The average molecular weight is 336 g/mol. The number of pyridine rings is 1. The summed E-state index contributed by atoms with van der Waals surface area (Å²) in [6.45, 7) is 1.64. The third kappa shape index (κ3) is 3.85. The molecule has 1 atom stereocenters. The average Bonchev–Trinajstić information content (AvgIpc) is 3.04. The lowest BCUT2D eigenvalue weighted by Gasteiger charge is -2.27. The highest BCUT2D eigenvalue weighted by Gasteiger charge is 2.36. The van der Waals surface area contributed by atoms with Gasteiger partial charge < -0.3 is 10.0 Å². The Kier molecular flexibility index (Phi) is 5.39. The first-order valence-electron chi connectivity index (χ1n) is 8.28. The number of rotatable bonds is 6. The van der Waals surface area contributed by atoms with E-state index < -0.39 is 0 Å². The molecule has 128 valence electrons. The smallest absolute Gasteiger partial charge is 0.244 e. The Morgan fingerprint density at radius 1 is 1.32 bits per heavy atom. The van der Waals surface area contributed by atoms with Gasteiger partial charge in [-0.05, 0) is 42.3 Å². The topological polar surface area (TPSA) is 80.5 Å². The lowest BCUT2D eigenvalue weighted by molar-refractivity contribution is -0.122. The van der Waals surface area contributed by atoms with Crippen molar-refractivity contribution in [1.29, 1.82) is 5.26 Å². The normalized spacial score (nSPS) is 17.1. The molecule has 1 fully saturated rings. The number of amides is 1. The van der Waals surface area contributed by atoms with E-state index in [9.17, 15) is 9.90 Å². The van der Waals surface area contributed by atoms with Crippen molar-refractivity contribution in [3.8, 4) is 6.07 Å². The van der Waals surface area contributed by atoms with Gasteiger partial charge >= 0.3 is 0 Å². The van der Waals surface area contributed by atoms with Crippen LogP contribution in [0.3, 0.4) is 0 Å². The van der Waals surface area contributed by atoms with Gasteiger partial charge in [-0.2, -0.15) is 5.26 Å². The first-order valence-corrected chi connectivity index (χ1v) is 8.28. The van der Waals surface area contributed by atoms with Gasteiger partial charge in [0.05, 0.1) is 24.3 Å². The van der Waals surface area contributed by atoms with E-state index >= 15 is 0 Å². The molecule has 2 aromatic rings.